The molecule has 0 radical (unpaired) electrons. The third kappa shape index (κ3) is 7.71. The fraction of sp³-hybridized carbons (Fsp3) is 0.333. The lowest BCUT2D eigenvalue weighted by molar-refractivity contribution is 0.272. The molecule has 0 bridgehead atoms. The highest BCUT2D eigenvalue weighted by molar-refractivity contribution is 7.89. The van der Waals surface area contributed by atoms with Gasteiger partial charge in [0.2, 0.25) is 10.0 Å². The maximum Gasteiger partial charge on any atom is 0.241 e. The number of rotatable bonds is 13. The molecule has 3 rings (SSSR count). The highest BCUT2D eigenvalue weighted by Gasteiger charge is 2.21. The van der Waals surface area contributed by atoms with Crippen LogP contribution in [-0.4, -0.2) is 41.3 Å². The van der Waals surface area contributed by atoms with Crippen LogP contribution < -0.4 is 24.7 Å². The van der Waals surface area contributed by atoms with E-state index >= 15 is 0 Å². The van der Waals surface area contributed by atoms with Gasteiger partial charge < -0.3 is 19.5 Å². The van der Waals surface area contributed by atoms with Crippen LogP contribution in [0, 0.1) is 0 Å². The van der Waals surface area contributed by atoms with Crippen LogP contribution in [0.25, 0.3) is 0 Å². The highest BCUT2D eigenvalue weighted by Crippen LogP contribution is 2.31. The maximum absolute atomic E-state index is 12.3. The Hall–Kier alpha value is -3.07. The van der Waals surface area contributed by atoms with Crippen LogP contribution >= 0.6 is 0 Å². The van der Waals surface area contributed by atoms with E-state index in [4.69, 9.17) is 19.3 Å². The Bertz CT molecular complexity index is 1200. The number of hydrogen-bond acceptors (Lipinski definition) is 6. The van der Waals surface area contributed by atoms with Crippen molar-refractivity contribution < 1.29 is 22.6 Å². The summed E-state index contributed by atoms with van der Waals surface area (Å²) in [6, 6.07) is 21.1. The first-order valence-corrected chi connectivity index (χ1v) is 13.2. The van der Waals surface area contributed by atoms with Crippen molar-refractivity contribution in [1.82, 2.24) is 5.32 Å². The molecular formula is C27H34N2O5S. The minimum absolute atomic E-state index is 0.00601. The van der Waals surface area contributed by atoms with Crippen molar-refractivity contribution in [1.29, 1.82) is 0 Å². The molecule has 0 aliphatic carbocycles. The number of methoxy groups -OCH3 is 1. The number of nitrogens with one attached hydrogen (secondary N) is 1. The van der Waals surface area contributed by atoms with E-state index in [0.717, 1.165) is 22.4 Å². The van der Waals surface area contributed by atoms with Crippen LogP contribution in [0.2, 0.25) is 0 Å². The topological polar surface area (TPSA) is 99.9 Å². The van der Waals surface area contributed by atoms with Crippen LogP contribution in [0.15, 0.2) is 71.6 Å². The molecule has 3 N–H and O–H groups in total. The van der Waals surface area contributed by atoms with Gasteiger partial charge in [-0.05, 0) is 49.6 Å². The minimum atomic E-state index is -3.96. The Balaban J connectivity index is 1.69. The lowest BCUT2D eigenvalue weighted by atomic mass is 9.98. The Kier molecular flexibility index (Phi) is 9.54. The molecule has 0 fully saturated rings. The largest absolute Gasteiger partial charge is 0.495 e. The molecule has 35 heavy (non-hydrogen) atoms. The predicted octanol–water partition coefficient (Wildman–Crippen LogP) is 3.93. The monoisotopic (exact) mass is 498 g/mol. The van der Waals surface area contributed by atoms with Crippen molar-refractivity contribution in [2.45, 2.75) is 37.6 Å². The summed E-state index contributed by atoms with van der Waals surface area (Å²) in [6.45, 7) is 5.65. The molecule has 0 amide bonds. The van der Waals surface area contributed by atoms with E-state index in [2.05, 4.69) is 5.32 Å². The van der Waals surface area contributed by atoms with E-state index in [1.807, 2.05) is 74.5 Å². The van der Waals surface area contributed by atoms with Gasteiger partial charge in [-0.15, -0.1) is 0 Å². The number of sulfonamides is 1. The van der Waals surface area contributed by atoms with Crippen LogP contribution in [0.1, 0.15) is 30.5 Å². The average Bonchev–Trinajstić information content (AvgIpc) is 2.83. The van der Waals surface area contributed by atoms with Gasteiger partial charge in [0.1, 0.15) is 17.3 Å². The zero-order chi connectivity index (χ0) is 25.3. The van der Waals surface area contributed by atoms with Crippen molar-refractivity contribution in [3.63, 3.8) is 0 Å². The van der Waals surface area contributed by atoms with Gasteiger partial charge in [-0.1, -0.05) is 48.5 Å². The molecule has 188 valence electrons. The number of benzene rings is 3. The van der Waals surface area contributed by atoms with E-state index in [-0.39, 0.29) is 10.9 Å². The van der Waals surface area contributed by atoms with Gasteiger partial charge >= 0.3 is 0 Å². The van der Waals surface area contributed by atoms with Gasteiger partial charge in [-0.2, -0.15) is 0 Å². The van der Waals surface area contributed by atoms with E-state index in [9.17, 15) is 8.42 Å². The molecule has 0 aromatic heterocycles. The van der Waals surface area contributed by atoms with Crippen molar-refractivity contribution in [3.05, 3.63) is 83.4 Å². The van der Waals surface area contributed by atoms with Gasteiger partial charge in [-0.3, -0.25) is 0 Å². The number of nitrogens with two attached hydrogens (primary N) is 1. The Morgan fingerprint density at radius 1 is 0.943 bits per heavy atom. The first-order valence-electron chi connectivity index (χ1n) is 11.7. The van der Waals surface area contributed by atoms with Gasteiger partial charge in [0.25, 0.3) is 0 Å². The summed E-state index contributed by atoms with van der Waals surface area (Å²) in [5, 5.41) is 8.96. The standard InChI is InChI=1S/C27H34N2O5S/c1-4-33-24-12-8-9-13-25(24)34-15-14-29-20(2)16-22-18-23(17-21-10-6-5-7-11-21)27(32-3)26(19-22)35(28,30)31/h5-13,18-20,29H,4,14-17H2,1-3H3,(H2,28,30,31)/t20-/m1/s1. The third-order valence-electron chi connectivity index (χ3n) is 5.48. The summed E-state index contributed by atoms with van der Waals surface area (Å²) < 4.78 is 41.6. The van der Waals surface area contributed by atoms with Crippen molar-refractivity contribution in [2.24, 2.45) is 5.14 Å². The lowest BCUT2D eigenvalue weighted by Gasteiger charge is -2.18. The Morgan fingerprint density at radius 2 is 1.60 bits per heavy atom. The first kappa shape index (κ1) is 26.5. The number of para-hydroxylation sites is 2. The van der Waals surface area contributed by atoms with Gasteiger partial charge in [0.05, 0.1) is 13.7 Å². The minimum Gasteiger partial charge on any atom is -0.495 e. The SMILES string of the molecule is CCOc1ccccc1OCCN[C@H](C)Cc1cc(Cc2ccccc2)c(OC)c(S(N)(=O)=O)c1. The zero-order valence-corrected chi connectivity index (χ0v) is 21.3. The molecule has 0 saturated carbocycles. The third-order valence-corrected chi connectivity index (χ3v) is 6.40. The summed E-state index contributed by atoms with van der Waals surface area (Å²) in [4.78, 5) is 0.00601. The highest BCUT2D eigenvalue weighted by atomic mass is 32.2. The molecule has 0 heterocycles. The molecule has 0 aliphatic rings. The van der Waals surface area contributed by atoms with Gasteiger partial charge in [-0.25, -0.2) is 13.6 Å². The van der Waals surface area contributed by atoms with Crippen LogP contribution in [-0.2, 0) is 22.9 Å². The number of primary sulfonamides is 1. The van der Waals surface area contributed by atoms with Crippen LogP contribution in [0.5, 0.6) is 17.2 Å². The molecule has 3 aromatic carbocycles. The fourth-order valence-electron chi connectivity index (χ4n) is 3.97. The van der Waals surface area contributed by atoms with Gasteiger partial charge in [0.15, 0.2) is 11.5 Å². The molecule has 7 nitrogen and oxygen atoms in total. The number of ether oxygens (including phenoxy) is 3. The van der Waals surface area contributed by atoms with E-state index in [1.165, 1.54) is 7.11 Å². The maximum atomic E-state index is 12.3. The first-order chi connectivity index (χ1) is 16.8. The quantitative estimate of drug-likeness (QED) is 0.347. The van der Waals surface area contributed by atoms with E-state index in [0.29, 0.717) is 44.1 Å². The van der Waals surface area contributed by atoms with Gasteiger partial charge in [0, 0.05) is 24.6 Å². The number of hydrogen-bond donors (Lipinski definition) is 2. The molecular weight excluding hydrogens is 464 g/mol. The summed E-state index contributed by atoms with van der Waals surface area (Å²) in [5.41, 5.74) is 2.70. The molecule has 8 heteroatoms. The molecule has 0 saturated heterocycles. The molecule has 3 aromatic rings. The van der Waals surface area contributed by atoms with Crippen molar-refractivity contribution in [2.75, 3.05) is 26.9 Å². The second-order valence-corrected chi connectivity index (χ2v) is 9.81. The Labute approximate surface area is 208 Å². The summed E-state index contributed by atoms with van der Waals surface area (Å²) >= 11 is 0. The van der Waals surface area contributed by atoms with Crippen molar-refractivity contribution >= 4 is 10.0 Å². The zero-order valence-electron chi connectivity index (χ0n) is 20.5. The summed E-state index contributed by atoms with van der Waals surface area (Å²) in [7, 11) is -2.49. The molecule has 0 unspecified atom stereocenters. The van der Waals surface area contributed by atoms with Crippen molar-refractivity contribution in [3.8, 4) is 17.2 Å². The molecule has 0 aliphatic heterocycles. The molecule has 1 atom stereocenters. The summed E-state index contributed by atoms with van der Waals surface area (Å²) in [5.74, 6) is 1.73. The smallest absolute Gasteiger partial charge is 0.241 e. The van der Waals surface area contributed by atoms with E-state index in [1.54, 1.807) is 6.07 Å². The summed E-state index contributed by atoms with van der Waals surface area (Å²) in [6.07, 6.45) is 1.15. The second-order valence-electron chi connectivity index (χ2n) is 8.28. The normalized spacial score (nSPS) is 12.2. The second kappa shape index (κ2) is 12.6. The van der Waals surface area contributed by atoms with Crippen LogP contribution in [0.3, 0.4) is 0 Å². The fourth-order valence-corrected chi connectivity index (χ4v) is 4.76. The van der Waals surface area contributed by atoms with E-state index < -0.39 is 10.0 Å². The molecule has 0 spiro atoms. The average molecular weight is 499 g/mol. The van der Waals surface area contributed by atoms with Crippen LogP contribution in [0.4, 0.5) is 0 Å². The Morgan fingerprint density at radius 3 is 2.23 bits per heavy atom. The predicted molar refractivity (Wildman–Crippen MR) is 138 cm³/mol. The lowest BCUT2D eigenvalue weighted by Crippen LogP contribution is -2.32.